The maximum Gasteiger partial charge on any atom is 0.126 e. The second-order valence-electron chi connectivity index (χ2n) is 3.68. The van der Waals surface area contributed by atoms with Crippen LogP contribution in [0.25, 0.3) is 0 Å². The largest absolute Gasteiger partial charge is 0.383 e. The van der Waals surface area contributed by atoms with E-state index in [0.29, 0.717) is 0 Å². The Morgan fingerprint density at radius 1 is 1.43 bits per heavy atom. The van der Waals surface area contributed by atoms with E-state index in [1.54, 1.807) is 0 Å². The zero-order valence-electron chi connectivity index (χ0n) is 9.38. The van der Waals surface area contributed by atoms with E-state index in [0.717, 1.165) is 18.2 Å². The van der Waals surface area contributed by atoms with Crippen molar-refractivity contribution < 1.29 is 0 Å². The molecular weight excluding hydrogens is 172 g/mol. The van der Waals surface area contributed by atoms with Crippen LogP contribution in [0.1, 0.15) is 38.3 Å². The van der Waals surface area contributed by atoms with Crippen molar-refractivity contribution in [1.29, 1.82) is 0 Å². The molecule has 0 bridgehead atoms. The fraction of sp³-hybridized carbons (Fsp3) is 0.583. The Morgan fingerprint density at radius 3 is 2.86 bits per heavy atom. The highest BCUT2D eigenvalue weighted by molar-refractivity contribution is 5.45. The first-order valence-electron chi connectivity index (χ1n) is 5.49. The lowest BCUT2D eigenvalue weighted by Crippen LogP contribution is -2.13. The lowest BCUT2D eigenvalue weighted by atomic mass is 9.86. The molecule has 0 aliphatic heterocycles. The second-order valence-corrected chi connectivity index (χ2v) is 3.68. The summed E-state index contributed by atoms with van der Waals surface area (Å²) in [5, 5.41) is 0. The van der Waals surface area contributed by atoms with Gasteiger partial charge in [0.05, 0.1) is 0 Å². The van der Waals surface area contributed by atoms with Crippen LogP contribution < -0.4 is 5.73 Å². The summed E-state index contributed by atoms with van der Waals surface area (Å²) in [6.45, 7) is 6.29. The van der Waals surface area contributed by atoms with Crippen LogP contribution in [0.4, 0.5) is 5.82 Å². The third-order valence-corrected chi connectivity index (χ3v) is 2.64. The predicted molar refractivity (Wildman–Crippen MR) is 61.2 cm³/mol. The fourth-order valence-corrected chi connectivity index (χ4v) is 1.90. The van der Waals surface area contributed by atoms with Crippen LogP contribution in [0.3, 0.4) is 0 Å². The summed E-state index contributed by atoms with van der Waals surface area (Å²) in [7, 11) is 0. The Labute approximate surface area is 86.5 Å². The third kappa shape index (κ3) is 2.25. The van der Waals surface area contributed by atoms with Crippen LogP contribution in [-0.4, -0.2) is 4.98 Å². The molecule has 1 aliphatic carbocycles. The summed E-state index contributed by atoms with van der Waals surface area (Å²) in [5.41, 5.74) is 8.47. The molecule has 0 saturated carbocycles. The summed E-state index contributed by atoms with van der Waals surface area (Å²) in [5.74, 6) is 1.54. The molecule has 2 N–H and O–H groups in total. The van der Waals surface area contributed by atoms with Crippen molar-refractivity contribution in [2.45, 2.75) is 40.0 Å². The number of anilines is 1. The van der Waals surface area contributed by atoms with E-state index in [-0.39, 0.29) is 0 Å². The number of hydrogen-bond donors (Lipinski definition) is 1. The van der Waals surface area contributed by atoms with Crippen molar-refractivity contribution in [1.82, 2.24) is 4.98 Å². The van der Waals surface area contributed by atoms with Crippen molar-refractivity contribution in [3.05, 3.63) is 23.4 Å². The average Bonchev–Trinajstić information content (AvgIpc) is 2.21. The Balaban J connectivity index is 0.000000461. The van der Waals surface area contributed by atoms with Gasteiger partial charge >= 0.3 is 0 Å². The zero-order chi connectivity index (χ0) is 10.6. The van der Waals surface area contributed by atoms with Crippen molar-refractivity contribution >= 4 is 5.82 Å². The molecule has 0 spiro atoms. The van der Waals surface area contributed by atoms with Crippen molar-refractivity contribution in [3.63, 3.8) is 0 Å². The molecule has 2 heteroatoms. The molecule has 78 valence electrons. The van der Waals surface area contributed by atoms with Crippen molar-refractivity contribution in [2.75, 3.05) is 5.73 Å². The number of aromatic nitrogens is 1. The van der Waals surface area contributed by atoms with E-state index in [1.165, 1.54) is 24.0 Å². The van der Waals surface area contributed by atoms with Crippen LogP contribution in [0.2, 0.25) is 0 Å². The van der Waals surface area contributed by atoms with Crippen LogP contribution in [0.5, 0.6) is 0 Å². The highest BCUT2D eigenvalue weighted by Crippen LogP contribution is 2.27. The van der Waals surface area contributed by atoms with Gasteiger partial charge in [-0.3, -0.25) is 0 Å². The van der Waals surface area contributed by atoms with Gasteiger partial charge in [-0.1, -0.05) is 20.8 Å². The third-order valence-electron chi connectivity index (χ3n) is 2.64. The number of pyridine rings is 1. The minimum absolute atomic E-state index is 0.736. The Morgan fingerprint density at radius 2 is 2.14 bits per heavy atom. The van der Waals surface area contributed by atoms with Crippen LogP contribution in [0.15, 0.2) is 12.3 Å². The van der Waals surface area contributed by atoms with Gasteiger partial charge in [-0.2, -0.15) is 0 Å². The topological polar surface area (TPSA) is 38.9 Å². The van der Waals surface area contributed by atoms with Gasteiger partial charge in [0.2, 0.25) is 0 Å². The molecule has 2 rings (SSSR count). The first-order valence-corrected chi connectivity index (χ1v) is 5.49. The van der Waals surface area contributed by atoms with Crippen molar-refractivity contribution in [3.8, 4) is 0 Å². The lowest BCUT2D eigenvalue weighted by Gasteiger charge is -2.21. The minimum Gasteiger partial charge on any atom is -0.383 e. The maximum absolute atomic E-state index is 5.78. The maximum atomic E-state index is 5.78. The molecule has 1 atom stereocenters. The van der Waals surface area contributed by atoms with Gasteiger partial charge in [0.25, 0.3) is 0 Å². The molecule has 0 saturated heterocycles. The minimum atomic E-state index is 0.736. The Kier molecular flexibility index (Phi) is 3.93. The summed E-state index contributed by atoms with van der Waals surface area (Å²) in [6.07, 6.45) is 5.34. The quantitative estimate of drug-likeness (QED) is 0.686. The molecule has 14 heavy (non-hydrogen) atoms. The molecule has 0 fully saturated rings. The van der Waals surface area contributed by atoms with Gasteiger partial charge in [0.1, 0.15) is 5.82 Å². The lowest BCUT2D eigenvalue weighted by molar-refractivity contribution is 0.501. The zero-order valence-corrected chi connectivity index (χ0v) is 9.38. The number of nitrogens with zero attached hydrogens (tertiary/aromatic N) is 1. The van der Waals surface area contributed by atoms with E-state index >= 15 is 0 Å². The summed E-state index contributed by atoms with van der Waals surface area (Å²) in [6, 6.07) is 2.10. The number of nitrogens with two attached hydrogens (primary N) is 1. The van der Waals surface area contributed by atoms with E-state index < -0.39 is 0 Å². The standard InChI is InChI=1S/C10H14N2.C2H6/c1-7-2-3-9-8(6-7)4-5-12-10(9)11;1-2/h4-5,7H,2-3,6H2,1H3,(H2,11,12);1-2H3/t7-;/m1./s1. The summed E-state index contributed by atoms with van der Waals surface area (Å²) >= 11 is 0. The van der Waals surface area contributed by atoms with Crippen LogP contribution in [-0.2, 0) is 12.8 Å². The molecule has 0 unspecified atom stereocenters. The predicted octanol–water partition coefficient (Wildman–Crippen LogP) is 2.81. The first-order chi connectivity index (χ1) is 6.77. The normalized spacial score (nSPS) is 19.2. The monoisotopic (exact) mass is 192 g/mol. The second kappa shape index (κ2) is 4.99. The molecule has 0 aromatic carbocycles. The first kappa shape index (κ1) is 11.0. The molecule has 1 aromatic rings. The molecule has 1 aromatic heterocycles. The van der Waals surface area contributed by atoms with Gasteiger partial charge in [-0.15, -0.1) is 0 Å². The van der Waals surface area contributed by atoms with Crippen LogP contribution >= 0.6 is 0 Å². The molecule has 2 nitrogen and oxygen atoms in total. The summed E-state index contributed by atoms with van der Waals surface area (Å²) < 4.78 is 0. The molecule has 0 amide bonds. The molecule has 0 radical (unpaired) electrons. The number of hydrogen-bond acceptors (Lipinski definition) is 2. The SMILES string of the molecule is CC.C[C@@H]1CCc2c(ccnc2N)C1. The van der Waals surface area contributed by atoms with Gasteiger partial charge < -0.3 is 5.73 Å². The van der Waals surface area contributed by atoms with Gasteiger partial charge in [0.15, 0.2) is 0 Å². The highest BCUT2D eigenvalue weighted by atomic mass is 14.8. The van der Waals surface area contributed by atoms with Gasteiger partial charge in [-0.05, 0) is 42.4 Å². The Bertz CT molecular complexity index is 294. The Hall–Kier alpha value is -1.05. The average molecular weight is 192 g/mol. The number of fused-ring (bicyclic) bond motifs is 1. The smallest absolute Gasteiger partial charge is 0.126 e. The fourth-order valence-electron chi connectivity index (χ4n) is 1.90. The van der Waals surface area contributed by atoms with Crippen LogP contribution in [0, 0.1) is 5.92 Å². The van der Waals surface area contributed by atoms with Gasteiger partial charge in [-0.25, -0.2) is 4.98 Å². The van der Waals surface area contributed by atoms with E-state index in [2.05, 4.69) is 18.0 Å². The molecular formula is C12H20N2. The molecule has 1 aliphatic rings. The number of rotatable bonds is 0. The number of nitrogen functional groups attached to an aromatic ring is 1. The van der Waals surface area contributed by atoms with Gasteiger partial charge in [0, 0.05) is 6.20 Å². The molecule has 1 heterocycles. The van der Waals surface area contributed by atoms with Crippen molar-refractivity contribution in [2.24, 2.45) is 5.92 Å². The summed E-state index contributed by atoms with van der Waals surface area (Å²) in [4.78, 5) is 4.10. The highest BCUT2D eigenvalue weighted by Gasteiger charge is 2.16. The van der Waals surface area contributed by atoms with E-state index in [1.807, 2.05) is 20.0 Å². The van der Waals surface area contributed by atoms with E-state index in [4.69, 9.17) is 5.73 Å². The van der Waals surface area contributed by atoms with E-state index in [9.17, 15) is 0 Å².